The highest BCUT2D eigenvalue weighted by Crippen LogP contribution is 2.25. The first kappa shape index (κ1) is 43.1. The first-order valence-corrected chi connectivity index (χ1v) is 21.2. The molecule has 0 saturated carbocycles. The van der Waals surface area contributed by atoms with E-state index >= 15 is 0 Å². The van der Waals surface area contributed by atoms with E-state index in [0.29, 0.717) is 5.92 Å². The number of hydrogen-bond donors (Lipinski definition) is 1. The number of carbonyl (C=O) groups excluding carboxylic acids is 1. The molecule has 0 aromatic heterocycles. The van der Waals surface area contributed by atoms with Gasteiger partial charge < -0.3 is 5.32 Å². The lowest BCUT2D eigenvalue weighted by Gasteiger charge is -2.36. The van der Waals surface area contributed by atoms with Gasteiger partial charge in [-0.2, -0.15) is 0 Å². The Hall–Kier alpha value is -0.900. The number of nitrogens with one attached hydrogen (secondary N) is 1. The second kappa shape index (κ2) is 30.2. The van der Waals surface area contributed by atoms with Crippen LogP contribution in [0.2, 0.25) is 0 Å². The van der Waals surface area contributed by atoms with Crippen molar-refractivity contribution in [2.24, 2.45) is 16.8 Å². The predicted octanol–water partition coefficient (Wildman–Crippen LogP) is 12.6. The number of nitrogens with zero attached hydrogens (tertiary/aromatic N) is 2. The van der Waals surface area contributed by atoms with Crippen molar-refractivity contribution in [2.75, 3.05) is 32.7 Å². The maximum Gasteiger partial charge on any atom is 0.223 e. The number of amides is 1. The van der Waals surface area contributed by atoms with Gasteiger partial charge in [-0.05, 0) is 19.8 Å². The molecule has 4 nitrogen and oxygen atoms in total. The van der Waals surface area contributed by atoms with Crippen LogP contribution in [0.1, 0.15) is 214 Å². The van der Waals surface area contributed by atoms with Crippen LogP contribution in [0.3, 0.4) is 0 Å². The number of unbranched alkanes of at least 4 members (excludes halogenated alkanes) is 24. The minimum absolute atomic E-state index is 0.129. The minimum atomic E-state index is 0.129. The highest BCUT2D eigenvalue weighted by Gasteiger charge is 2.39. The normalized spacial score (nSPS) is 17.7. The smallest absolute Gasteiger partial charge is 0.223 e. The van der Waals surface area contributed by atoms with E-state index in [1.54, 1.807) is 0 Å². The van der Waals surface area contributed by atoms with E-state index in [1.165, 1.54) is 179 Å². The van der Waals surface area contributed by atoms with E-state index in [-0.39, 0.29) is 11.8 Å². The molecule has 0 bridgehead atoms. The molecule has 0 aromatic carbocycles. The van der Waals surface area contributed by atoms with Crippen molar-refractivity contribution in [2.45, 2.75) is 214 Å². The van der Waals surface area contributed by atoms with Crippen LogP contribution < -0.4 is 5.32 Å². The lowest BCUT2D eigenvalue weighted by molar-refractivity contribution is -0.834. The number of likely N-dealkylation sites (N-methyl/N-ethyl adjacent to an activating group) is 1. The van der Waals surface area contributed by atoms with Crippen molar-refractivity contribution >= 4 is 11.7 Å². The molecule has 1 heterocycles. The van der Waals surface area contributed by atoms with Crippen LogP contribution in [-0.2, 0) is 4.79 Å². The SMILES string of the molecule is CCCCCCCCCCCCCCCC(C)C(=O)NCC[N+]1(CC)CCN=C1C(C)CCCCCCCCCCCCCCC. The van der Waals surface area contributed by atoms with Crippen LogP contribution in [0, 0.1) is 11.8 Å². The van der Waals surface area contributed by atoms with Crippen LogP contribution >= 0.6 is 0 Å². The summed E-state index contributed by atoms with van der Waals surface area (Å²) in [4.78, 5) is 17.9. The molecular weight excluding hydrogens is 562 g/mol. The number of aliphatic imine (C=N–C) groups is 1. The average molecular weight is 647 g/mol. The first-order valence-electron chi connectivity index (χ1n) is 21.2. The second-order valence-electron chi connectivity index (χ2n) is 15.3. The Bertz CT molecular complexity index is 722. The van der Waals surface area contributed by atoms with Gasteiger partial charge in [0.1, 0.15) is 13.1 Å². The van der Waals surface area contributed by atoms with Gasteiger partial charge in [0.2, 0.25) is 11.7 Å². The first-order chi connectivity index (χ1) is 22.5. The zero-order valence-corrected chi connectivity index (χ0v) is 32.3. The zero-order chi connectivity index (χ0) is 33.6. The van der Waals surface area contributed by atoms with E-state index in [0.717, 1.165) is 43.6 Å². The molecule has 46 heavy (non-hydrogen) atoms. The number of quaternary nitrogens is 1. The van der Waals surface area contributed by atoms with Gasteiger partial charge in [-0.15, -0.1) is 0 Å². The van der Waals surface area contributed by atoms with E-state index in [4.69, 9.17) is 4.99 Å². The van der Waals surface area contributed by atoms with Crippen LogP contribution in [0.4, 0.5) is 0 Å². The molecule has 3 unspecified atom stereocenters. The molecule has 1 aliphatic rings. The maximum absolute atomic E-state index is 12.9. The average Bonchev–Trinajstić information content (AvgIpc) is 3.49. The van der Waals surface area contributed by atoms with Gasteiger partial charge in [0.15, 0.2) is 0 Å². The van der Waals surface area contributed by atoms with Gasteiger partial charge in [0.05, 0.1) is 19.6 Å². The Kier molecular flexibility index (Phi) is 28.3. The molecule has 272 valence electrons. The van der Waals surface area contributed by atoms with Gasteiger partial charge in [0, 0.05) is 11.8 Å². The van der Waals surface area contributed by atoms with Gasteiger partial charge in [0.25, 0.3) is 0 Å². The van der Waals surface area contributed by atoms with Crippen LogP contribution in [0.5, 0.6) is 0 Å². The monoisotopic (exact) mass is 647 g/mol. The van der Waals surface area contributed by atoms with Crippen molar-refractivity contribution in [3.63, 3.8) is 0 Å². The fraction of sp³-hybridized carbons (Fsp3) is 0.952. The highest BCUT2D eigenvalue weighted by atomic mass is 16.1. The fourth-order valence-corrected chi connectivity index (χ4v) is 7.71. The van der Waals surface area contributed by atoms with Crippen LogP contribution in [-0.4, -0.2) is 48.9 Å². The zero-order valence-electron chi connectivity index (χ0n) is 32.3. The summed E-state index contributed by atoms with van der Waals surface area (Å²) < 4.78 is 0.993. The van der Waals surface area contributed by atoms with Crippen LogP contribution in [0.25, 0.3) is 0 Å². The lowest BCUT2D eigenvalue weighted by atomic mass is 9.98. The Labute approximate surface area is 289 Å². The summed E-state index contributed by atoms with van der Waals surface area (Å²) in [5.74, 6) is 2.35. The molecule has 1 amide bonds. The molecule has 0 aliphatic carbocycles. The summed E-state index contributed by atoms with van der Waals surface area (Å²) in [7, 11) is 0. The van der Waals surface area contributed by atoms with Crippen molar-refractivity contribution < 1.29 is 9.28 Å². The van der Waals surface area contributed by atoms with Crippen molar-refractivity contribution in [3.8, 4) is 0 Å². The molecule has 0 fully saturated rings. The van der Waals surface area contributed by atoms with Crippen molar-refractivity contribution in [3.05, 3.63) is 0 Å². The molecular formula is C42H84N3O+. The lowest BCUT2D eigenvalue weighted by Crippen LogP contribution is -2.56. The second-order valence-corrected chi connectivity index (χ2v) is 15.3. The molecule has 0 aromatic rings. The van der Waals surface area contributed by atoms with E-state index < -0.39 is 0 Å². The third-order valence-corrected chi connectivity index (χ3v) is 11.1. The molecule has 1 aliphatic heterocycles. The molecule has 1 rings (SSSR count). The highest BCUT2D eigenvalue weighted by molar-refractivity contribution is 5.79. The summed E-state index contributed by atoms with van der Waals surface area (Å²) in [5, 5.41) is 3.31. The topological polar surface area (TPSA) is 41.5 Å². The predicted molar refractivity (Wildman–Crippen MR) is 205 cm³/mol. The summed E-state index contributed by atoms with van der Waals surface area (Å²) in [6.45, 7) is 16.4. The Balaban J connectivity index is 2.11. The number of rotatable bonds is 34. The van der Waals surface area contributed by atoms with Crippen molar-refractivity contribution in [1.82, 2.24) is 5.32 Å². The van der Waals surface area contributed by atoms with E-state index in [9.17, 15) is 4.79 Å². The molecule has 4 heteroatoms. The van der Waals surface area contributed by atoms with E-state index in [1.807, 2.05) is 0 Å². The third-order valence-electron chi connectivity index (χ3n) is 11.1. The minimum Gasteiger partial charge on any atom is -0.350 e. The Morgan fingerprint density at radius 3 is 1.41 bits per heavy atom. The summed E-state index contributed by atoms with van der Waals surface area (Å²) in [5.41, 5.74) is 0. The summed E-state index contributed by atoms with van der Waals surface area (Å²) in [6.07, 6.45) is 38.6. The van der Waals surface area contributed by atoms with Gasteiger partial charge in [-0.3, -0.25) is 9.28 Å². The number of carbonyl (C=O) groups is 1. The Morgan fingerprint density at radius 1 is 0.609 bits per heavy atom. The molecule has 0 radical (unpaired) electrons. The fourth-order valence-electron chi connectivity index (χ4n) is 7.71. The summed E-state index contributed by atoms with van der Waals surface area (Å²) >= 11 is 0. The van der Waals surface area contributed by atoms with Gasteiger partial charge in [-0.25, -0.2) is 4.99 Å². The third kappa shape index (κ3) is 21.1. The number of hydrogen-bond acceptors (Lipinski definition) is 2. The number of amidine groups is 1. The Morgan fingerprint density at radius 2 is 1.00 bits per heavy atom. The van der Waals surface area contributed by atoms with E-state index in [2.05, 4.69) is 39.9 Å². The van der Waals surface area contributed by atoms with Gasteiger partial charge >= 0.3 is 0 Å². The van der Waals surface area contributed by atoms with Gasteiger partial charge in [-0.1, -0.05) is 195 Å². The quantitative estimate of drug-likeness (QED) is 0.0548. The molecule has 0 saturated heterocycles. The maximum atomic E-state index is 12.9. The molecule has 3 atom stereocenters. The largest absolute Gasteiger partial charge is 0.350 e. The molecule has 1 N–H and O–H groups in total. The van der Waals surface area contributed by atoms with Crippen molar-refractivity contribution in [1.29, 1.82) is 0 Å². The van der Waals surface area contributed by atoms with Crippen LogP contribution in [0.15, 0.2) is 4.99 Å². The summed E-state index contributed by atoms with van der Waals surface area (Å²) in [6, 6.07) is 0. The standard InChI is InChI=1S/C42H83N3O/c1-6-9-11-13-15-17-19-21-23-25-27-29-31-33-39(4)41-43-35-37-45(41,8-3)38-36-44-42(46)40(5)34-32-30-28-26-24-22-20-18-16-14-12-10-7-2/h39-40H,6-38H2,1-5H3/p+1. The molecule has 0 spiro atoms.